The number of carbonyl (C=O) groups excluding carboxylic acids is 1. The molecule has 1 aliphatic rings. The summed E-state index contributed by atoms with van der Waals surface area (Å²) in [5.74, 6) is -0.576. The van der Waals surface area contributed by atoms with Gasteiger partial charge in [0.25, 0.3) is 5.56 Å². The average molecular weight is 414 g/mol. The van der Waals surface area contributed by atoms with Crippen molar-refractivity contribution in [2.24, 2.45) is 5.73 Å². The van der Waals surface area contributed by atoms with Crippen LogP contribution in [0.3, 0.4) is 0 Å². The lowest BCUT2D eigenvalue weighted by molar-refractivity contribution is -0.160. The number of aromatic nitrogens is 3. The van der Waals surface area contributed by atoms with E-state index in [0.717, 1.165) is 16.5 Å². The number of carbonyl (C=O) groups is 1. The predicted molar refractivity (Wildman–Crippen MR) is 107 cm³/mol. The summed E-state index contributed by atoms with van der Waals surface area (Å²) in [7, 11) is 0. The van der Waals surface area contributed by atoms with Gasteiger partial charge in [-0.1, -0.05) is 18.2 Å². The normalized spacial score (nSPS) is 19.8. The Labute approximate surface area is 170 Å². The minimum atomic E-state index is -0.842. The second kappa shape index (κ2) is 8.27. The van der Waals surface area contributed by atoms with Crippen molar-refractivity contribution in [2.75, 3.05) is 13.2 Å². The molecule has 1 saturated heterocycles. The fourth-order valence-corrected chi connectivity index (χ4v) is 3.35. The van der Waals surface area contributed by atoms with Gasteiger partial charge in [0.1, 0.15) is 12.6 Å². The molecule has 0 radical (unpaired) electrons. The Morgan fingerprint density at radius 2 is 2.17 bits per heavy atom. The van der Waals surface area contributed by atoms with Crippen LogP contribution < -0.4 is 17.0 Å². The first-order valence-corrected chi connectivity index (χ1v) is 9.48. The van der Waals surface area contributed by atoms with E-state index in [-0.39, 0.29) is 13.2 Å². The van der Waals surface area contributed by atoms with Crippen molar-refractivity contribution in [1.29, 1.82) is 0 Å². The minimum Gasteiger partial charge on any atom is -0.459 e. The van der Waals surface area contributed by atoms with Gasteiger partial charge in [-0.25, -0.2) is 4.79 Å². The number of aromatic amines is 2. The van der Waals surface area contributed by atoms with Crippen LogP contribution in [0.2, 0.25) is 0 Å². The van der Waals surface area contributed by atoms with Gasteiger partial charge in [-0.15, -0.1) is 0 Å². The van der Waals surface area contributed by atoms with Gasteiger partial charge in [0.2, 0.25) is 0 Å². The zero-order valence-electron chi connectivity index (χ0n) is 16.3. The van der Waals surface area contributed by atoms with Crippen LogP contribution in [-0.4, -0.2) is 46.0 Å². The number of para-hydroxylation sites is 1. The van der Waals surface area contributed by atoms with Crippen LogP contribution >= 0.6 is 0 Å². The highest BCUT2D eigenvalue weighted by Gasteiger charge is 2.30. The molecule has 10 nitrogen and oxygen atoms in total. The van der Waals surface area contributed by atoms with E-state index >= 15 is 0 Å². The number of fused-ring (bicyclic) bond motifs is 1. The first kappa shape index (κ1) is 20.1. The van der Waals surface area contributed by atoms with Crippen molar-refractivity contribution < 1.29 is 19.0 Å². The van der Waals surface area contributed by atoms with Crippen LogP contribution in [0.25, 0.3) is 10.9 Å². The number of nitrogens with one attached hydrogen (secondary N) is 2. The molecule has 0 aliphatic carbocycles. The fourth-order valence-electron chi connectivity index (χ4n) is 3.35. The molecule has 1 aromatic carbocycles. The van der Waals surface area contributed by atoms with E-state index in [1.807, 2.05) is 30.5 Å². The molecule has 30 heavy (non-hydrogen) atoms. The summed E-state index contributed by atoms with van der Waals surface area (Å²) in [4.78, 5) is 41.1. The molecule has 0 saturated carbocycles. The van der Waals surface area contributed by atoms with E-state index in [1.165, 1.54) is 10.8 Å². The molecule has 0 unspecified atom stereocenters. The molecule has 3 atom stereocenters. The maximum Gasteiger partial charge on any atom is 0.330 e. The van der Waals surface area contributed by atoms with Crippen molar-refractivity contribution in [1.82, 2.24) is 14.5 Å². The van der Waals surface area contributed by atoms with Crippen LogP contribution in [0.1, 0.15) is 17.4 Å². The lowest BCUT2D eigenvalue weighted by Gasteiger charge is -2.15. The number of esters is 1. The number of nitrogens with two attached hydrogens (primary N) is 1. The van der Waals surface area contributed by atoms with E-state index in [0.29, 0.717) is 12.0 Å². The Bertz CT molecular complexity index is 1180. The summed E-state index contributed by atoms with van der Waals surface area (Å²) in [6, 6.07) is 6.91. The summed E-state index contributed by atoms with van der Waals surface area (Å²) in [6.45, 7) is 1.50. The summed E-state index contributed by atoms with van der Waals surface area (Å²) in [6.07, 6.45) is 2.00. The highest BCUT2D eigenvalue weighted by molar-refractivity contribution is 5.84. The molecule has 1 aliphatic heterocycles. The van der Waals surface area contributed by atoms with Gasteiger partial charge in [-0.05, 0) is 18.6 Å². The van der Waals surface area contributed by atoms with E-state index in [4.69, 9.17) is 19.9 Å². The predicted octanol–water partition coefficient (Wildman–Crippen LogP) is 0.311. The lowest BCUT2D eigenvalue weighted by Crippen LogP contribution is -2.36. The van der Waals surface area contributed by atoms with E-state index in [1.54, 1.807) is 6.92 Å². The Morgan fingerprint density at radius 3 is 3.00 bits per heavy atom. The SMILES string of the molecule is Cc1cn([C@H]2CO[C@@H](COC(=O)[C@@H](N)Cc3c[nH]c4ccccc34)O2)c(=O)[nH]c1=O. The zero-order chi connectivity index (χ0) is 21.3. The summed E-state index contributed by atoms with van der Waals surface area (Å²) < 4.78 is 17.5. The first-order valence-electron chi connectivity index (χ1n) is 9.48. The van der Waals surface area contributed by atoms with Gasteiger partial charge >= 0.3 is 11.7 Å². The topological polar surface area (TPSA) is 141 Å². The Morgan fingerprint density at radius 1 is 1.37 bits per heavy atom. The Balaban J connectivity index is 1.32. The highest BCUT2D eigenvalue weighted by atomic mass is 16.7. The molecule has 158 valence electrons. The molecule has 1 fully saturated rings. The standard InChI is InChI=1S/C20H22N4O6/c1-11-8-24(20(27)23-18(11)25)16-9-28-17(30-16)10-29-19(26)14(21)6-12-7-22-15-5-3-2-4-13(12)15/h2-5,7-8,14,16-17,22H,6,9-10,21H2,1H3,(H,23,25,27)/t14-,16+,17+/m0/s1. The molecule has 0 spiro atoms. The minimum absolute atomic E-state index is 0.0784. The third-order valence-electron chi connectivity index (χ3n) is 4.97. The number of benzene rings is 1. The average Bonchev–Trinajstić information content (AvgIpc) is 3.36. The molecular formula is C20H22N4O6. The van der Waals surface area contributed by atoms with Crippen LogP contribution in [0, 0.1) is 6.92 Å². The van der Waals surface area contributed by atoms with Crippen molar-refractivity contribution >= 4 is 16.9 Å². The van der Waals surface area contributed by atoms with Crippen LogP contribution in [0.15, 0.2) is 46.2 Å². The summed E-state index contributed by atoms with van der Waals surface area (Å²) in [5, 5.41) is 1.01. The van der Waals surface area contributed by atoms with Gasteiger partial charge in [0.15, 0.2) is 12.5 Å². The molecule has 4 N–H and O–H groups in total. The molecular weight excluding hydrogens is 392 g/mol. The molecule has 0 bridgehead atoms. The van der Waals surface area contributed by atoms with Crippen LogP contribution in [0.5, 0.6) is 0 Å². The van der Waals surface area contributed by atoms with Gasteiger partial charge in [-0.2, -0.15) is 0 Å². The molecule has 2 aromatic heterocycles. The number of nitrogens with zero attached hydrogens (tertiary/aromatic N) is 1. The highest BCUT2D eigenvalue weighted by Crippen LogP contribution is 2.21. The van der Waals surface area contributed by atoms with Crippen molar-refractivity contribution in [2.45, 2.75) is 31.9 Å². The summed E-state index contributed by atoms with van der Waals surface area (Å²) >= 11 is 0. The molecule has 3 aromatic rings. The van der Waals surface area contributed by atoms with E-state index in [9.17, 15) is 14.4 Å². The van der Waals surface area contributed by atoms with Gasteiger partial charge in [0.05, 0.1) is 6.61 Å². The molecule has 10 heteroatoms. The monoisotopic (exact) mass is 414 g/mol. The van der Waals surface area contributed by atoms with Crippen LogP contribution in [-0.2, 0) is 25.4 Å². The smallest absolute Gasteiger partial charge is 0.330 e. The maximum atomic E-state index is 12.3. The Kier molecular flexibility index (Phi) is 5.53. The van der Waals surface area contributed by atoms with E-state index < -0.39 is 35.8 Å². The van der Waals surface area contributed by atoms with Gasteiger partial charge in [0, 0.05) is 35.3 Å². The second-order valence-corrected chi connectivity index (χ2v) is 7.13. The number of ether oxygens (including phenoxy) is 3. The van der Waals surface area contributed by atoms with Gasteiger partial charge < -0.3 is 24.9 Å². The molecule has 0 amide bonds. The van der Waals surface area contributed by atoms with Crippen LogP contribution in [0.4, 0.5) is 0 Å². The Hall–Kier alpha value is -3.21. The second-order valence-electron chi connectivity index (χ2n) is 7.13. The molecule has 3 heterocycles. The van der Waals surface area contributed by atoms with Gasteiger partial charge in [-0.3, -0.25) is 19.1 Å². The number of hydrogen-bond acceptors (Lipinski definition) is 7. The lowest BCUT2D eigenvalue weighted by atomic mass is 10.1. The zero-order valence-corrected chi connectivity index (χ0v) is 16.3. The number of rotatable bonds is 6. The van der Waals surface area contributed by atoms with Crippen molar-refractivity contribution in [3.05, 3.63) is 68.6 Å². The van der Waals surface area contributed by atoms with E-state index in [2.05, 4.69) is 9.97 Å². The first-order chi connectivity index (χ1) is 14.4. The number of H-pyrrole nitrogens is 2. The quantitative estimate of drug-likeness (QED) is 0.493. The third-order valence-corrected chi connectivity index (χ3v) is 4.97. The van der Waals surface area contributed by atoms with Crippen molar-refractivity contribution in [3.8, 4) is 0 Å². The number of hydrogen-bond donors (Lipinski definition) is 3. The summed E-state index contributed by atoms with van der Waals surface area (Å²) in [5.41, 5.74) is 7.22. The fraction of sp³-hybridized carbons (Fsp3) is 0.350. The largest absolute Gasteiger partial charge is 0.459 e. The van der Waals surface area contributed by atoms with Crippen molar-refractivity contribution in [3.63, 3.8) is 0 Å². The number of aryl methyl sites for hydroxylation is 1. The third kappa shape index (κ3) is 4.06. The maximum absolute atomic E-state index is 12.3. The molecule has 4 rings (SSSR count).